The number of rotatable bonds is 3. The summed E-state index contributed by atoms with van der Waals surface area (Å²) in [7, 11) is 0. The largest absolute Gasteiger partial charge is 0.421 e. The van der Waals surface area contributed by atoms with Gasteiger partial charge in [-0.15, -0.1) is 4.91 Å². The first-order valence-electron chi connectivity index (χ1n) is 3.95. The second kappa shape index (κ2) is 4.32. The lowest BCUT2D eigenvalue weighted by Gasteiger charge is -2.04. The molecule has 14 heavy (non-hydrogen) atoms. The number of para-hydroxylation sites is 1. The minimum absolute atomic E-state index is 0.0992. The Kier molecular flexibility index (Phi) is 3.12. The molecule has 1 rings (SSSR count). The van der Waals surface area contributed by atoms with Crippen molar-refractivity contribution in [2.75, 3.05) is 0 Å². The van der Waals surface area contributed by atoms with Crippen LogP contribution in [-0.4, -0.2) is 5.97 Å². The highest BCUT2D eigenvalue weighted by atomic mass is 16.5. The smallest absolute Gasteiger partial charge is 0.338 e. The van der Waals surface area contributed by atoms with E-state index in [9.17, 15) is 9.70 Å². The summed E-state index contributed by atoms with van der Waals surface area (Å²) in [5.74, 6) is -0.420. The van der Waals surface area contributed by atoms with Crippen molar-refractivity contribution in [3.63, 3.8) is 0 Å². The van der Waals surface area contributed by atoms with Gasteiger partial charge in [-0.1, -0.05) is 18.7 Å². The zero-order chi connectivity index (χ0) is 10.6. The van der Waals surface area contributed by atoms with Crippen LogP contribution in [0.15, 0.2) is 41.6 Å². The number of nitroso groups, excluding NO2 is 1. The highest BCUT2D eigenvalue weighted by molar-refractivity contribution is 5.89. The van der Waals surface area contributed by atoms with E-state index in [1.54, 1.807) is 12.1 Å². The maximum absolute atomic E-state index is 11.1. The van der Waals surface area contributed by atoms with Crippen LogP contribution in [0.4, 0.5) is 5.69 Å². The van der Waals surface area contributed by atoms with Gasteiger partial charge in [-0.25, -0.2) is 4.79 Å². The lowest BCUT2D eigenvalue weighted by atomic mass is 10.3. The molecular weight excluding hydrogens is 182 g/mol. The van der Waals surface area contributed by atoms with Crippen molar-refractivity contribution in [2.24, 2.45) is 5.18 Å². The Morgan fingerprint density at radius 2 is 2.07 bits per heavy atom. The molecule has 0 amide bonds. The molecule has 0 aliphatic rings. The first-order chi connectivity index (χ1) is 6.65. The van der Waals surface area contributed by atoms with Gasteiger partial charge >= 0.3 is 5.97 Å². The number of carbonyl (C=O) groups excluding carboxylic acids is 1. The van der Waals surface area contributed by atoms with Gasteiger partial charge in [0, 0.05) is 5.57 Å². The molecule has 4 heteroatoms. The van der Waals surface area contributed by atoms with Crippen molar-refractivity contribution in [3.05, 3.63) is 41.3 Å². The zero-order valence-electron chi connectivity index (χ0n) is 7.69. The third kappa shape index (κ3) is 2.26. The average Bonchev–Trinajstić information content (AvgIpc) is 2.18. The Morgan fingerprint density at radius 3 is 2.64 bits per heavy atom. The van der Waals surface area contributed by atoms with Crippen LogP contribution in [-0.2, 0) is 4.79 Å². The van der Waals surface area contributed by atoms with Crippen LogP contribution in [0, 0.1) is 4.91 Å². The van der Waals surface area contributed by atoms with Crippen LogP contribution < -0.4 is 4.74 Å². The molecule has 72 valence electrons. The monoisotopic (exact) mass is 191 g/mol. The maximum atomic E-state index is 11.1. The molecule has 1 aromatic carbocycles. The fourth-order valence-corrected chi connectivity index (χ4v) is 0.806. The van der Waals surface area contributed by atoms with Crippen LogP contribution in [0.2, 0.25) is 0 Å². The Hall–Kier alpha value is -1.97. The van der Waals surface area contributed by atoms with Crippen LogP contribution in [0.25, 0.3) is 0 Å². The molecule has 0 heterocycles. The summed E-state index contributed by atoms with van der Waals surface area (Å²) < 4.78 is 4.87. The second-order valence-electron chi connectivity index (χ2n) is 2.73. The van der Waals surface area contributed by atoms with E-state index in [2.05, 4.69) is 11.8 Å². The highest BCUT2D eigenvalue weighted by Gasteiger charge is 2.09. The summed E-state index contributed by atoms with van der Waals surface area (Å²) in [4.78, 5) is 21.4. The number of benzene rings is 1. The van der Waals surface area contributed by atoms with Gasteiger partial charge in [0.05, 0.1) is 0 Å². The molecule has 0 fully saturated rings. The van der Waals surface area contributed by atoms with E-state index >= 15 is 0 Å². The normalized spacial score (nSPS) is 9.21. The molecule has 0 spiro atoms. The Labute approximate surface area is 81.2 Å². The van der Waals surface area contributed by atoms with Gasteiger partial charge in [-0.05, 0) is 24.2 Å². The molecule has 0 saturated carbocycles. The molecule has 4 nitrogen and oxygen atoms in total. The first-order valence-corrected chi connectivity index (χ1v) is 3.95. The van der Waals surface area contributed by atoms with Crippen molar-refractivity contribution in [1.82, 2.24) is 0 Å². The molecule has 0 unspecified atom stereocenters. The molecule has 1 aromatic rings. The van der Waals surface area contributed by atoms with Crippen LogP contribution in [0.1, 0.15) is 6.92 Å². The summed E-state index contributed by atoms with van der Waals surface area (Å²) in [6.07, 6.45) is 0. The molecular formula is C10H9NO3. The molecule has 0 aliphatic heterocycles. The Bertz CT molecular complexity index is 385. The van der Waals surface area contributed by atoms with Gasteiger partial charge in [-0.3, -0.25) is 0 Å². The van der Waals surface area contributed by atoms with Gasteiger partial charge in [0.2, 0.25) is 0 Å². The van der Waals surface area contributed by atoms with E-state index in [-0.39, 0.29) is 17.0 Å². The standard InChI is InChI=1S/C10H9NO3/c1-7(2)10(12)14-9-6-4-3-5-8(9)11-13/h3-6H,1H2,2H3. The topological polar surface area (TPSA) is 55.7 Å². The predicted molar refractivity (Wildman–Crippen MR) is 52.3 cm³/mol. The van der Waals surface area contributed by atoms with Crippen LogP contribution in [0.5, 0.6) is 5.75 Å². The Balaban J connectivity index is 2.91. The van der Waals surface area contributed by atoms with Gasteiger partial charge in [0.25, 0.3) is 0 Å². The van der Waals surface area contributed by atoms with Crippen LogP contribution >= 0.6 is 0 Å². The van der Waals surface area contributed by atoms with Crippen molar-refractivity contribution in [2.45, 2.75) is 6.92 Å². The number of esters is 1. The lowest BCUT2D eigenvalue weighted by Crippen LogP contribution is -2.08. The van der Waals surface area contributed by atoms with Gasteiger partial charge in [-0.2, -0.15) is 0 Å². The fourth-order valence-electron chi connectivity index (χ4n) is 0.806. The van der Waals surface area contributed by atoms with E-state index in [1.165, 1.54) is 19.1 Å². The predicted octanol–water partition coefficient (Wildman–Crippen LogP) is 2.57. The minimum atomic E-state index is -0.568. The average molecular weight is 191 g/mol. The molecule has 0 aliphatic carbocycles. The SMILES string of the molecule is C=C(C)C(=O)Oc1ccccc1N=O. The minimum Gasteiger partial charge on any atom is -0.421 e. The summed E-state index contributed by atoms with van der Waals surface area (Å²) >= 11 is 0. The molecule has 0 aromatic heterocycles. The molecule has 0 saturated heterocycles. The van der Waals surface area contributed by atoms with Crippen molar-refractivity contribution in [1.29, 1.82) is 0 Å². The summed E-state index contributed by atoms with van der Waals surface area (Å²) in [6.45, 7) is 4.95. The van der Waals surface area contributed by atoms with Crippen molar-refractivity contribution >= 4 is 11.7 Å². The fraction of sp³-hybridized carbons (Fsp3) is 0.100. The second-order valence-corrected chi connectivity index (χ2v) is 2.73. The number of carbonyl (C=O) groups is 1. The quantitative estimate of drug-likeness (QED) is 0.319. The summed E-state index contributed by atoms with van der Waals surface area (Å²) in [6, 6.07) is 6.25. The first kappa shape index (κ1) is 10.1. The number of nitrogens with zero attached hydrogens (tertiary/aromatic N) is 1. The van der Waals surface area contributed by atoms with E-state index in [4.69, 9.17) is 4.74 Å². The van der Waals surface area contributed by atoms with Gasteiger partial charge < -0.3 is 4.74 Å². The van der Waals surface area contributed by atoms with Gasteiger partial charge in [0.15, 0.2) is 11.4 Å². The van der Waals surface area contributed by atoms with E-state index < -0.39 is 5.97 Å². The zero-order valence-corrected chi connectivity index (χ0v) is 7.69. The van der Waals surface area contributed by atoms with Crippen molar-refractivity contribution < 1.29 is 9.53 Å². The third-order valence-electron chi connectivity index (χ3n) is 1.51. The molecule has 0 atom stereocenters. The van der Waals surface area contributed by atoms with Crippen LogP contribution in [0.3, 0.4) is 0 Å². The molecule has 0 radical (unpaired) electrons. The third-order valence-corrected chi connectivity index (χ3v) is 1.51. The number of hydrogen-bond donors (Lipinski definition) is 0. The summed E-state index contributed by atoms with van der Waals surface area (Å²) in [5.41, 5.74) is 0.368. The van der Waals surface area contributed by atoms with E-state index in [0.717, 1.165) is 0 Å². The molecule has 0 N–H and O–H groups in total. The summed E-state index contributed by atoms with van der Waals surface area (Å²) in [5, 5.41) is 2.73. The maximum Gasteiger partial charge on any atom is 0.338 e. The molecule has 0 bridgehead atoms. The Morgan fingerprint density at radius 1 is 1.43 bits per heavy atom. The number of hydrogen-bond acceptors (Lipinski definition) is 4. The number of ether oxygens (including phenoxy) is 1. The van der Waals surface area contributed by atoms with Gasteiger partial charge in [0.1, 0.15) is 0 Å². The lowest BCUT2D eigenvalue weighted by molar-refractivity contribution is -0.130. The van der Waals surface area contributed by atoms with E-state index in [1.807, 2.05) is 0 Å². The highest BCUT2D eigenvalue weighted by Crippen LogP contribution is 2.26. The van der Waals surface area contributed by atoms with Crippen molar-refractivity contribution in [3.8, 4) is 5.75 Å². The van der Waals surface area contributed by atoms with E-state index in [0.29, 0.717) is 0 Å².